The van der Waals surface area contributed by atoms with Crippen molar-refractivity contribution >= 4 is 0 Å². The van der Waals surface area contributed by atoms with E-state index in [1.165, 1.54) is 0 Å². The summed E-state index contributed by atoms with van der Waals surface area (Å²) in [6, 6.07) is 0. The van der Waals surface area contributed by atoms with Gasteiger partial charge in [0, 0.05) is 0 Å². The SMILES string of the molecule is CCC(O)C(C)O.OCCO. The minimum atomic E-state index is -0.579. The molecule has 0 aromatic rings. The van der Waals surface area contributed by atoms with E-state index in [1.54, 1.807) is 6.92 Å². The molecule has 0 aliphatic carbocycles. The van der Waals surface area contributed by atoms with E-state index >= 15 is 0 Å². The molecule has 0 spiro atoms. The van der Waals surface area contributed by atoms with Crippen LogP contribution in [0.2, 0.25) is 0 Å². The molecule has 70 valence electrons. The first-order chi connectivity index (χ1) is 5.09. The molecule has 0 saturated carbocycles. The molecule has 0 rings (SSSR count). The van der Waals surface area contributed by atoms with E-state index in [1.807, 2.05) is 6.92 Å². The second-order valence-electron chi connectivity index (χ2n) is 2.16. The van der Waals surface area contributed by atoms with Gasteiger partial charge in [-0.1, -0.05) is 6.92 Å². The number of hydrogen-bond donors (Lipinski definition) is 4. The molecule has 0 aromatic carbocycles. The molecule has 2 unspecified atom stereocenters. The number of hydrogen-bond acceptors (Lipinski definition) is 4. The highest BCUT2D eigenvalue weighted by Crippen LogP contribution is 1.94. The summed E-state index contributed by atoms with van der Waals surface area (Å²) in [5.41, 5.74) is 0. The molecule has 2 atom stereocenters. The monoisotopic (exact) mass is 166 g/mol. The highest BCUT2D eigenvalue weighted by atomic mass is 16.3. The standard InChI is InChI=1S/C5H12O2.C2H6O2/c1-3-5(7)4(2)6;3-1-2-4/h4-7H,3H2,1-2H3;3-4H,1-2H2. The zero-order chi connectivity index (χ0) is 9.28. The van der Waals surface area contributed by atoms with Gasteiger partial charge in [0.1, 0.15) is 0 Å². The molecule has 0 bridgehead atoms. The minimum Gasteiger partial charge on any atom is -0.394 e. The van der Waals surface area contributed by atoms with E-state index in [2.05, 4.69) is 0 Å². The summed E-state index contributed by atoms with van der Waals surface area (Å²) >= 11 is 0. The van der Waals surface area contributed by atoms with Gasteiger partial charge < -0.3 is 20.4 Å². The van der Waals surface area contributed by atoms with Gasteiger partial charge in [-0.3, -0.25) is 0 Å². The lowest BCUT2D eigenvalue weighted by molar-refractivity contribution is 0.0294. The Morgan fingerprint density at radius 3 is 1.45 bits per heavy atom. The molecule has 0 aliphatic rings. The first-order valence-corrected chi connectivity index (χ1v) is 3.67. The Morgan fingerprint density at radius 1 is 1.09 bits per heavy atom. The van der Waals surface area contributed by atoms with Gasteiger partial charge in [-0.05, 0) is 13.3 Å². The predicted molar refractivity (Wildman–Crippen MR) is 42.2 cm³/mol. The van der Waals surface area contributed by atoms with E-state index in [4.69, 9.17) is 20.4 Å². The molecule has 0 fully saturated rings. The van der Waals surface area contributed by atoms with Crippen molar-refractivity contribution in [1.29, 1.82) is 0 Å². The maximum atomic E-state index is 8.69. The van der Waals surface area contributed by atoms with Crippen molar-refractivity contribution in [3.05, 3.63) is 0 Å². The van der Waals surface area contributed by atoms with Crippen LogP contribution < -0.4 is 0 Å². The lowest BCUT2D eigenvalue weighted by Crippen LogP contribution is -2.20. The summed E-state index contributed by atoms with van der Waals surface area (Å²) in [5, 5.41) is 32.5. The Morgan fingerprint density at radius 2 is 1.45 bits per heavy atom. The van der Waals surface area contributed by atoms with Crippen LogP contribution in [0.1, 0.15) is 20.3 Å². The molecule has 4 nitrogen and oxygen atoms in total. The number of aliphatic hydroxyl groups excluding tert-OH is 4. The van der Waals surface area contributed by atoms with Crippen LogP contribution in [-0.2, 0) is 0 Å². The van der Waals surface area contributed by atoms with Crippen LogP contribution in [0.25, 0.3) is 0 Å². The third kappa shape index (κ3) is 12.9. The van der Waals surface area contributed by atoms with Crippen LogP contribution in [0.15, 0.2) is 0 Å². The average molecular weight is 166 g/mol. The fraction of sp³-hybridized carbons (Fsp3) is 1.00. The van der Waals surface area contributed by atoms with Crippen molar-refractivity contribution in [3.63, 3.8) is 0 Å². The molecule has 4 N–H and O–H groups in total. The first-order valence-electron chi connectivity index (χ1n) is 3.67. The van der Waals surface area contributed by atoms with Crippen molar-refractivity contribution in [2.45, 2.75) is 32.5 Å². The fourth-order valence-electron chi connectivity index (χ4n) is 0.341. The van der Waals surface area contributed by atoms with Gasteiger partial charge in [-0.15, -0.1) is 0 Å². The van der Waals surface area contributed by atoms with Crippen molar-refractivity contribution in [1.82, 2.24) is 0 Å². The number of rotatable bonds is 3. The summed E-state index contributed by atoms with van der Waals surface area (Å²) in [6.07, 6.45) is -0.498. The van der Waals surface area contributed by atoms with E-state index < -0.39 is 12.2 Å². The smallest absolute Gasteiger partial charge is 0.0793 e. The molecule has 0 heterocycles. The quantitative estimate of drug-likeness (QED) is 0.438. The number of aliphatic hydroxyl groups is 4. The van der Waals surface area contributed by atoms with Gasteiger partial charge in [-0.25, -0.2) is 0 Å². The molecular formula is C7H18O4. The van der Waals surface area contributed by atoms with Crippen molar-refractivity contribution in [2.75, 3.05) is 13.2 Å². The Bertz CT molecular complexity index is 63.5. The van der Waals surface area contributed by atoms with Gasteiger partial charge in [0.25, 0.3) is 0 Å². The van der Waals surface area contributed by atoms with Gasteiger partial charge in [0.2, 0.25) is 0 Å². The molecule has 4 heteroatoms. The van der Waals surface area contributed by atoms with Crippen LogP contribution in [0, 0.1) is 0 Å². The Kier molecular flexibility index (Phi) is 12.0. The van der Waals surface area contributed by atoms with Gasteiger partial charge in [0.15, 0.2) is 0 Å². The van der Waals surface area contributed by atoms with Gasteiger partial charge in [0.05, 0.1) is 25.4 Å². The van der Waals surface area contributed by atoms with Crippen LogP contribution >= 0.6 is 0 Å². The highest BCUT2D eigenvalue weighted by molar-refractivity contribution is 4.56. The Hall–Kier alpha value is -0.160. The topological polar surface area (TPSA) is 80.9 Å². The predicted octanol–water partition coefficient (Wildman–Crippen LogP) is -0.891. The maximum absolute atomic E-state index is 8.69. The zero-order valence-electron chi connectivity index (χ0n) is 7.06. The van der Waals surface area contributed by atoms with Crippen LogP contribution in [-0.4, -0.2) is 45.8 Å². The molecular weight excluding hydrogens is 148 g/mol. The summed E-state index contributed by atoms with van der Waals surface area (Å²) < 4.78 is 0. The minimum absolute atomic E-state index is 0.125. The first kappa shape index (κ1) is 13.4. The third-order valence-corrected chi connectivity index (χ3v) is 1.08. The van der Waals surface area contributed by atoms with Gasteiger partial charge >= 0.3 is 0 Å². The third-order valence-electron chi connectivity index (χ3n) is 1.08. The van der Waals surface area contributed by atoms with E-state index in [9.17, 15) is 0 Å². The van der Waals surface area contributed by atoms with Gasteiger partial charge in [-0.2, -0.15) is 0 Å². The van der Waals surface area contributed by atoms with Crippen molar-refractivity contribution < 1.29 is 20.4 Å². The molecule has 11 heavy (non-hydrogen) atoms. The molecule has 0 aromatic heterocycles. The molecule has 0 radical (unpaired) electrons. The second kappa shape index (κ2) is 9.84. The normalized spacial score (nSPS) is 14.7. The molecule has 0 amide bonds. The van der Waals surface area contributed by atoms with Crippen LogP contribution in [0.3, 0.4) is 0 Å². The fourth-order valence-corrected chi connectivity index (χ4v) is 0.341. The van der Waals surface area contributed by atoms with E-state index in [0.717, 1.165) is 0 Å². The van der Waals surface area contributed by atoms with Crippen LogP contribution in [0.5, 0.6) is 0 Å². The largest absolute Gasteiger partial charge is 0.394 e. The lowest BCUT2D eigenvalue weighted by atomic mass is 10.2. The molecule has 0 aliphatic heterocycles. The second-order valence-corrected chi connectivity index (χ2v) is 2.16. The Labute approximate surface area is 67.1 Å². The van der Waals surface area contributed by atoms with Crippen LogP contribution in [0.4, 0.5) is 0 Å². The van der Waals surface area contributed by atoms with E-state index in [-0.39, 0.29) is 13.2 Å². The Balaban J connectivity index is 0. The summed E-state index contributed by atoms with van der Waals surface area (Å²) in [6.45, 7) is 3.16. The van der Waals surface area contributed by atoms with Crippen molar-refractivity contribution in [2.24, 2.45) is 0 Å². The summed E-state index contributed by atoms with van der Waals surface area (Å²) in [5.74, 6) is 0. The molecule has 0 saturated heterocycles. The van der Waals surface area contributed by atoms with E-state index in [0.29, 0.717) is 6.42 Å². The maximum Gasteiger partial charge on any atom is 0.0793 e. The zero-order valence-corrected chi connectivity index (χ0v) is 7.06. The summed E-state index contributed by atoms with van der Waals surface area (Å²) in [4.78, 5) is 0. The average Bonchev–Trinajstić information content (AvgIpc) is 2.03. The lowest BCUT2D eigenvalue weighted by Gasteiger charge is -2.08. The van der Waals surface area contributed by atoms with Crippen molar-refractivity contribution in [3.8, 4) is 0 Å². The summed E-state index contributed by atoms with van der Waals surface area (Å²) in [7, 11) is 0. The highest BCUT2D eigenvalue weighted by Gasteiger charge is 2.05.